The van der Waals surface area contributed by atoms with Crippen LogP contribution >= 0.6 is 11.6 Å². The average Bonchev–Trinajstić information content (AvgIpc) is 2.55. The van der Waals surface area contributed by atoms with E-state index in [1.165, 1.54) is 13.2 Å². The number of aryl methyl sites for hydroxylation is 1. The molecule has 0 aliphatic rings. The van der Waals surface area contributed by atoms with Gasteiger partial charge in [0, 0.05) is 0 Å². The number of hydrogen-bond acceptors (Lipinski definition) is 4. The van der Waals surface area contributed by atoms with Crippen molar-refractivity contribution in [3.05, 3.63) is 58.1 Å². The minimum atomic E-state index is -0.474. The third-order valence-corrected chi connectivity index (χ3v) is 3.64. The number of hydrogen-bond donors (Lipinski definition) is 0. The summed E-state index contributed by atoms with van der Waals surface area (Å²) in [6, 6.07) is 11.0. The van der Waals surface area contributed by atoms with Gasteiger partial charge in [-0.05, 0) is 37.1 Å². The topological polar surface area (TPSA) is 44.8 Å². The lowest BCUT2D eigenvalue weighted by molar-refractivity contribution is 0.0600. The van der Waals surface area contributed by atoms with Crippen LogP contribution in [0.5, 0.6) is 11.5 Å². The van der Waals surface area contributed by atoms with Gasteiger partial charge in [-0.15, -0.1) is 0 Å². The predicted molar refractivity (Wildman–Crippen MR) is 89.5 cm³/mol. The molecule has 2 aromatic rings. The van der Waals surface area contributed by atoms with Crippen molar-refractivity contribution in [2.45, 2.75) is 20.5 Å². The van der Waals surface area contributed by atoms with Gasteiger partial charge in [-0.25, -0.2) is 4.79 Å². The summed E-state index contributed by atoms with van der Waals surface area (Å²) in [7, 11) is 1.32. The first kappa shape index (κ1) is 17.2. The second-order valence-corrected chi connectivity index (χ2v) is 5.33. The van der Waals surface area contributed by atoms with E-state index in [0.29, 0.717) is 35.3 Å². The molecular weight excluding hydrogens is 316 g/mol. The van der Waals surface area contributed by atoms with Crippen LogP contribution in [-0.2, 0) is 11.3 Å². The van der Waals surface area contributed by atoms with Gasteiger partial charge in [-0.3, -0.25) is 0 Å². The lowest BCUT2D eigenvalue weighted by atomic mass is 10.1. The summed E-state index contributed by atoms with van der Waals surface area (Å²) in [4.78, 5) is 11.7. The molecule has 0 aliphatic carbocycles. The van der Waals surface area contributed by atoms with Crippen LogP contribution in [0.25, 0.3) is 0 Å². The monoisotopic (exact) mass is 334 g/mol. The summed E-state index contributed by atoms with van der Waals surface area (Å²) in [6.45, 7) is 4.67. The fourth-order valence-electron chi connectivity index (χ4n) is 2.13. The number of carbonyl (C=O) groups is 1. The highest BCUT2D eigenvalue weighted by Crippen LogP contribution is 2.37. The molecular formula is C18H19ClO4. The summed E-state index contributed by atoms with van der Waals surface area (Å²) in [6.07, 6.45) is 0. The molecule has 0 saturated carbocycles. The van der Waals surface area contributed by atoms with Gasteiger partial charge in [0.1, 0.15) is 6.61 Å². The number of methoxy groups -OCH3 is 1. The van der Waals surface area contributed by atoms with Crippen LogP contribution < -0.4 is 9.47 Å². The molecule has 0 N–H and O–H groups in total. The van der Waals surface area contributed by atoms with Crippen LogP contribution in [-0.4, -0.2) is 19.7 Å². The quantitative estimate of drug-likeness (QED) is 0.734. The highest BCUT2D eigenvalue weighted by Gasteiger charge is 2.17. The Hall–Kier alpha value is -2.20. The zero-order chi connectivity index (χ0) is 16.8. The lowest BCUT2D eigenvalue weighted by Crippen LogP contribution is -2.05. The Balaban J connectivity index is 2.29. The third kappa shape index (κ3) is 4.17. The molecule has 0 bridgehead atoms. The summed E-state index contributed by atoms with van der Waals surface area (Å²) in [5, 5.41) is 0.310. The van der Waals surface area contributed by atoms with Gasteiger partial charge in [0.05, 0.1) is 24.3 Å². The Kier molecular flexibility index (Phi) is 5.88. The Morgan fingerprint density at radius 3 is 2.57 bits per heavy atom. The van der Waals surface area contributed by atoms with E-state index in [1.54, 1.807) is 6.07 Å². The van der Waals surface area contributed by atoms with E-state index in [1.807, 2.05) is 38.1 Å². The largest absolute Gasteiger partial charge is 0.490 e. The standard InChI is InChI=1S/C18H19ClO4/c1-4-22-16-10-14(18(20)21-3)9-15(19)17(16)23-11-13-8-6-5-7-12(13)2/h5-10H,4,11H2,1-3H3. The van der Waals surface area contributed by atoms with Crippen LogP contribution in [0.4, 0.5) is 0 Å². The van der Waals surface area contributed by atoms with Crippen LogP contribution in [0.3, 0.4) is 0 Å². The van der Waals surface area contributed by atoms with E-state index in [0.717, 1.165) is 11.1 Å². The molecule has 0 heterocycles. The van der Waals surface area contributed by atoms with Gasteiger partial charge < -0.3 is 14.2 Å². The van der Waals surface area contributed by atoms with E-state index in [2.05, 4.69) is 0 Å². The Morgan fingerprint density at radius 2 is 1.91 bits per heavy atom. The zero-order valence-electron chi connectivity index (χ0n) is 13.4. The Morgan fingerprint density at radius 1 is 1.17 bits per heavy atom. The Bertz CT molecular complexity index is 697. The maximum Gasteiger partial charge on any atom is 0.338 e. The van der Waals surface area contributed by atoms with Gasteiger partial charge in [-0.2, -0.15) is 0 Å². The molecule has 0 saturated heterocycles. The van der Waals surface area contributed by atoms with Crippen molar-refractivity contribution < 1.29 is 19.0 Å². The molecule has 0 unspecified atom stereocenters. The first-order valence-electron chi connectivity index (χ1n) is 7.28. The lowest BCUT2D eigenvalue weighted by Gasteiger charge is -2.15. The number of esters is 1. The molecule has 0 atom stereocenters. The highest BCUT2D eigenvalue weighted by molar-refractivity contribution is 6.32. The molecule has 0 spiro atoms. The summed E-state index contributed by atoms with van der Waals surface area (Å²) < 4.78 is 16.1. The number of halogens is 1. The minimum Gasteiger partial charge on any atom is -0.490 e. The number of ether oxygens (including phenoxy) is 3. The van der Waals surface area contributed by atoms with Crippen molar-refractivity contribution in [1.82, 2.24) is 0 Å². The zero-order valence-corrected chi connectivity index (χ0v) is 14.1. The molecule has 122 valence electrons. The fraction of sp³-hybridized carbons (Fsp3) is 0.278. The molecule has 23 heavy (non-hydrogen) atoms. The molecule has 2 aromatic carbocycles. The molecule has 0 aromatic heterocycles. The Labute approximate surface area is 140 Å². The average molecular weight is 335 g/mol. The van der Waals surface area contributed by atoms with Crippen molar-refractivity contribution in [1.29, 1.82) is 0 Å². The van der Waals surface area contributed by atoms with Crippen molar-refractivity contribution in [2.75, 3.05) is 13.7 Å². The van der Waals surface area contributed by atoms with Crippen LogP contribution in [0, 0.1) is 6.92 Å². The van der Waals surface area contributed by atoms with Gasteiger partial charge in [0.2, 0.25) is 0 Å². The van der Waals surface area contributed by atoms with Crippen molar-refractivity contribution in [3.63, 3.8) is 0 Å². The van der Waals surface area contributed by atoms with Gasteiger partial charge in [0.25, 0.3) is 0 Å². The first-order chi connectivity index (χ1) is 11.1. The number of carbonyl (C=O) groups excluding carboxylic acids is 1. The molecule has 0 aliphatic heterocycles. The minimum absolute atomic E-state index is 0.310. The molecule has 2 rings (SSSR count). The van der Waals surface area contributed by atoms with Crippen molar-refractivity contribution in [2.24, 2.45) is 0 Å². The molecule has 4 nitrogen and oxygen atoms in total. The number of benzene rings is 2. The van der Waals surface area contributed by atoms with Crippen LogP contribution in [0.15, 0.2) is 36.4 Å². The van der Waals surface area contributed by atoms with E-state index >= 15 is 0 Å². The van der Waals surface area contributed by atoms with E-state index < -0.39 is 5.97 Å². The third-order valence-electron chi connectivity index (χ3n) is 3.36. The van der Waals surface area contributed by atoms with Crippen LogP contribution in [0.1, 0.15) is 28.4 Å². The predicted octanol–water partition coefficient (Wildman–Crippen LogP) is 4.41. The molecule has 5 heteroatoms. The van der Waals surface area contributed by atoms with Crippen molar-refractivity contribution in [3.8, 4) is 11.5 Å². The highest BCUT2D eigenvalue weighted by atomic mass is 35.5. The number of rotatable bonds is 6. The van der Waals surface area contributed by atoms with Gasteiger partial charge >= 0.3 is 5.97 Å². The second-order valence-electron chi connectivity index (χ2n) is 4.93. The summed E-state index contributed by atoms with van der Waals surface area (Å²) in [5.41, 5.74) is 2.51. The maximum absolute atomic E-state index is 11.7. The van der Waals surface area contributed by atoms with Crippen molar-refractivity contribution >= 4 is 17.6 Å². The SMILES string of the molecule is CCOc1cc(C(=O)OC)cc(Cl)c1OCc1ccccc1C. The van der Waals surface area contributed by atoms with E-state index in [4.69, 9.17) is 25.8 Å². The summed E-state index contributed by atoms with van der Waals surface area (Å²) >= 11 is 6.26. The van der Waals surface area contributed by atoms with Gasteiger partial charge in [-0.1, -0.05) is 35.9 Å². The second kappa shape index (κ2) is 7.88. The molecule has 0 radical (unpaired) electrons. The van der Waals surface area contributed by atoms with E-state index in [9.17, 15) is 4.79 Å². The molecule has 0 amide bonds. The first-order valence-corrected chi connectivity index (χ1v) is 7.66. The van der Waals surface area contributed by atoms with E-state index in [-0.39, 0.29) is 0 Å². The van der Waals surface area contributed by atoms with Crippen LogP contribution in [0.2, 0.25) is 5.02 Å². The normalized spacial score (nSPS) is 10.3. The van der Waals surface area contributed by atoms with Gasteiger partial charge in [0.15, 0.2) is 11.5 Å². The molecule has 0 fully saturated rings. The smallest absolute Gasteiger partial charge is 0.338 e. The summed E-state index contributed by atoms with van der Waals surface area (Å²) in [5.74, 6) is 0.372. The maximum atomic E-state index is 11.7. The fourth-order valence-corrected chi connectivity index (χ4v) is 2.39.